The third-order valence-corrected chi connectivity index (χ3v) is 26.3. The zero-order valence-electron chi connectivity index (χ0n) is 86.0. The van der Waals surface area contributed by atoms with Crippen molar-refractivity contribution < 1.29 is 60.6 Å². The summed E-state index contributed by atoms with van der Waals surface area (Å²) in [7, 11) is 1.49. The van der Waals surface area contributed by atoms with Crippen molar-refractivity contribution in [2.45, 2.75) is 226 Å². The number of carbonyl (C=O) groups is 3. The number of aromatic amines is 2. The molecule has 0 radical (unpaired) electrons. The van der Waals surface area contributed by atoms with E-state index in [1.807, 2.05) is 78.5 Å². The van der Waals surface area contributed by atoms with E-state index in [2.05, 4.69) is 213 Å². The van der Waals surface area contributed by atoms with E-state index in [4.69, 9.17) is 35.9 Å². The molecule has 0 atom stereocenters. The topological polar surface area (TPSA) is 476 Å². The van der Waals surface area contributed by atoms with Gasteiger partial charge in [0.05, 0.1) is 50.5 Å². The van der Waals surface area contributed by atoms with Gasteiger partial charge in [-0.15, -0.1) is 20.2 Å². The molecule has 1 saturated heterocycles. The van der Waals surface area contributed by atoms with Gasteiger partial charge in [0, 0.05) is 53.5 Å². The number of anilines is 1. The average molecular weight is 2050 g/mol. The van der Waals surface area contributed by atoms with Gasteiger partial charge in [0.15, 0.2) is 0 Å². The van der Waals surface area contributed by atoms with Crippen LogP contribution in [0.3, 0.4) is 0 Å². The van der Waals surface area contributed by atoms with Crippen molar-refractivity contribution in [3.05, 3.63) is 371 Å². The first-order chi connectivity index (χ1) is 69.3. The first-order valence-corrected chi connectivity index (χ1v) is 50.6. The summed E-state index contributed by atoms with van der Waals surface area (Å²) >= 11 is 5.29. The number of hydrogen-bond donors (Lipinski definition) is 13. The summed E-state index contributed by atoms with van der Waals surface area (Å²) < 4.78 is 6.99. The molecule has 30 nitrogen and oxygen atoms in total. The van der Waals surface area contributed by atoms with Crippen LogP contribution in [0, 0.1) is 18.8 Å². The number of unbranched alkanes of at least 4 members (excludes halogenated alkanes) is 9. The second-order valence-corrected chi connectivity index (χ2v) is 38.1. The Morgan fingerprint density at radius 3 is 1.39 bits per heavy atom. The van der Waals surface area contributed by atoms with Crippen LogP contribution in [0.4, 0.5) is 11.4 Å². The molecule has 4 aromatic heterocycles. The van der Waals surface area contributed by atoms with E-state index < -0.39 is 28.7 Å². The molecule has 15 aromatic rings. The van der Waals surface area contributed by atoms with Gasteiger partial charge in [-0.05, 0) is 266 Å². The number of aryl methyl sites for hydroxylation is 4. The van der Waals surface area contributed by atoms with Crippen LogP contribution < -0.4 is 38.2 Å². The zero-order valence-corrected chi connectivity index (χ0v) is 88.4. The Kier molecular flexibility index (Phi) is 51.9. The van der Waals surface area contributed by atoms with E-state index in [-0.39, 0.29) is 59.9 Å². The maximum atomic E-state index is 11.3. The molecule has 3 aliphatic rings. The lowest BCUT2D eigenvalue weighted by atomic mass is 9.82. The molecule has 0 aliphatic carbocycles. The van der Waals surface area contributed by atoms with Crippen LogP contribution in [0.25, 0.3) is 42.6 Å². The van der Waals surface area contributed by atoms with Gasteiger partial charge < -0.3 is 62.5 Å². The Balaban J connectivity index is 0.000000249. The quantitative estimate of drug-likeness (QED) is 0.00604. The lowest BCUT2D eigenvalue weighted by molar-refractivity contribution is -0.241. The monoisotopic (exact) mass is 2050 g/mol. The highest BCUT2D eigenvalue weighted by Crippen LogP contribution is 2.40. The molecular formula is C113H143N15O15S3+2. The summed E-state index contributed by atoms with van der Waals surface area (Å²) in [6, 6.07) is 83.2. The molecule has 0 unspecified atom stereocenters. The number of H-pyrrole nitrogens is 2. The van der Waals surface area contributed by atoms with E-state index in [1.54, 1.807) is 148 Å². The molecule has 33 heteroatoms. The molecule has 776 valence electrons. The average Bonchev–Trinajstić information content (AvgIpc) is 1.69. The third kappa shape index (κ3) is 38.0. The van der Waals surface area contributed by atoms with Gasteiger partial charge in [0.1, 0.15) is 28.3 Å². The van der Waals surface area contributed by atoms with Crippen molar-refractivity contribution in [3.8, 4) is 34.3 Å². The predicted molar refractivity (Wildman–Crippen MR) is 589 cm³/mol. The van der Waals surface area contributed by atoms with Crippen LogP contribution in [0.5, 0.6) is 23.1 Å². The molecule has 18 rings (SSSR count). The number of nitrogens with zero attached hydrogens (tertiary/aromatic N) is 11. The van der Waals surface area contributed by atoms with Gasteiger partial charge in [0.2, 0.25) is 27.1 Å². The number of phenols is 3. The summed E-state index contributed by atoms with van der Waals surface area (Å²) in [5, 5.41) is 101. The minimum absolute atomic E-state index is 0. The van der Waals surface area contributed by atoms with E-state index in [1.165, 1.54) is 149 Å². The van der Waals surface area contributed by atoms with Crippen LogP contribution in [0.15, 0.2) is 326 Å². The highest BCUT2D eigenvalue weighted by molar-refractivity contribution is 7.99. The van der Waals surface area contributed by atoms with Crippen molar-refractivity contribution in [1.29, 1.82) is 0 Å². The van der Waals surface area contributed by atoms with Gasteiger partial charge in [-0.25, -0.2) is 4.79 Å². The molecule has 1 fully saturated rings. The molecule has 3 aliphatic heterocycles. The van der Waals surface area contributed by atoms with Crippen molar-refractivity contribution in [1.82, 2.24) is 56.5 Å². The van der Waals surface area contributed by atoms with Crippen molar-refractivity contribution in [2.75, 3.05) is 12.1 Å². The van der Waals surface area contributed by atoms with Crippen LogP contribution in [-0.4, -0.2) is 126 Å². The number of imide groups is 1. The minimum atomic E-state index is -1.01. The normalized spacial score (nSPS) is 12.8. The van der Waals surface area contributed by atoms with E-state index in [0.717, 1.165) is 80.4 Å². The van der Waals surface area contributed by atoms with Gasteiger partial charge in [0.25, 0.3) is 17.4 Å². The molecule has 0 bridgehead atoms. The fourth-order valence-electron chi connectivity index (χ4n) is 15.1. The summed E-state index contributed by atoms with van der Waals surface area (Å²) in [6.45, 7) is 24.6. The number of hydroxylamine groups is 3. The second kappa shape index (κ2) is 63.0. The fourth-order valence-corrected chi connectivity index (χ4v) is 18.4. The molecule has 19 N–H and O–H groups in total. The number of piperidine rings is 1. The summed E-state index contributed by atoms with van der Waals surface area (Å²) in [5.41, 5.74) is 11.6. The molecular weight excluding hydrogens is 1900 g/mol. The predicted octanol–water partition coefficient (Wildman–Crippen LogP) is 25.5. The number of nitrogens with one attached hydrogen (secondary N) is 2. The number of allylic oxidation sites excluding steroid dienone is 4. The number of rotatable bonds is 21. The van der Waals surface area contributed by atoms with Gasteiger partial charge in [-0.1, -0.05) is 286 Å². The first kappa shape index (κ1) is 120. The van der Waals surface area contributed by atoms with Crippen molar-refractivity contribution in [3.63, 3.8) is 0 Å². The number of benzene rings is 11. The second-order valence-electron chi connectivity index (χ2n) is 35.0. The molecule has 0 spiro atoms. The molecule has 0 saturated carbocycles. The molecule has 11 aromatic carbocycles. The lowest BCUT2D eigenvalue weighted by Gasteiger charge is -2.48. The summed E-state index contributed by atoms with van der Waals surface area (Å²) in [6.07, 6.45) is 29.9. The van der Waals surface area contributed by atoms with Crippen molar-refractivity contribution >= 4 is 95.0 Å². The number of aromatic hydroxyl groups is 4. The number of aliphatic hydroxyl groups is 2. The Labute approximate surface area is 865 Å². The molecule has 3 amide bonds. The highest BCUT2D eigenvalue weighted by Gasteiger charge is 2.40. The summed E-state index contributed by atoms with van der Waals surface area (Å²) in [5.74, 6) is -0.857. The number of amides is 3. The number of aliphatic hydroxyl groups excluding tert-OH is 2. The number of quaternary nitrogens is 2. The number of para-hydroxylation sites is 3. The standard InChI is InChI=1S/C20H22N4S2.C18H34.C13H10S.C12H10O.C9H7NO2.C9H19NO.C8H9NO2.2C7H8O2.C6H5N3O.C4H3N3O4.2H3N/c1-5-23-15-9-7-13(3)11-17(15)25-19(23)21-22-20-24(6-2)16-10-8-14(4)12-18(16)26-20;1-3-5-7-9-11-13-15-17-18-16-14-12-10-8-6-4-2;1-3-7-12-10(5-1)9-11-6-2-4-8-13(11)14-12;13-12-9-5-4-8-11(12)10-6-2-1-3-7-10;1-10-8(11)6-4-2-3-5-7(6)9(10)12;1-8(2)6-5-7-9(3,4)10(8)11;1-7(10)9(11)8-5-3-2-4-6-8;2*8-5-6-1-3-7(9)4-2-6;10-9-6-4-2-1-3-5(6)7-8-9;8-2-1(7-11)3(9)6-4(10)5-2;;/h7-12H,5-6H2,1-4H3;11,13,17-18H,3-10,12,14-16H2,1-2H3;1-8H,9H2;1-9,13H;2-5H,1H3;11H,5-7H2,1-4H3;2-6,11H,1H3;2*1-4,8-9H,5H2;1-4,10H;(H3,5,6,8,9,10);2*1H3/p+2/b21-19-,22-20+;13-11-,18-17-;;;;;;;;;;;. The number of carbonyl (C=O) groups excluding carboxylic acids is 3. The van der Waals surface area contributed by atoms with Gasteiger partial charge in [-0.2, -0.15) is 10.1 Å². The number of thiazole rings is 2. The SMILES string of the molecule is CC(=O)N(O)c1ccccc1.CC1(C)CCCC(C)(C)N1O.CCCCC/C=C\C/C=C\CCCCCCCC.CCn1/c(=N/N=c2/sc3cc(C)ccc3n2CC)sc2cc(C)ccc21.CN1C(=O)c2ccccc2C1=O.O=Nc1c(O)[nH]c(=O)[nH]c1=O.OCc1ccc(O)cc1.OCc1ccc(O)cc1.Oc1ccccc1-c1ccccc1.On1nnc2ccccc21.[NH4+].[NH4+].c1ccc2c(c1)Cc1ccccc1S2. The van der Waals surface area contributed by atoms with Crippen LogP contribution in [0.2, 0.25) is 0 Å². The van der Waals surface area contributed by atoms with Crippen LogP contribution >= 0.6 is 34.4 Å². The zero-order chi connectivity index (χ0) is 105. The largest absolute Gasteiger partial charge is 0.508 e. The summed E-state index contributed by atoms with van der Waals surface area (Å²) in [4.78, 5) is 74.1. The van der Waals surface area contributed by atoms with Crippen LogP contribution in [0.1, 0.15) is 213 Å². The number of fused-ring (bicyclic) bond motifs is 6. The smallest absolute Gasteiger partial charge is 0.328 e. The fraction of sp³-hybridized carbons (Fsp3) is 0.301. The number of phenolic OH excluding ortho intramolecular Hbond substituents is 3. The Morgan fingerprint density at radius 2 is 0.938 bits per heavy atom. The Bertz CT molecular complexity index is 6590. The maximum absolute atomic E-state index is 11.3. The maximum Gasteiger partial charge on any atom is 0.328 e. The third-order valence-electron chi connectivity index (χ3n) is 23.0. The first-order valence-electron chi connectivity index (χ1n) is 48.2. The lowest BCUT2D eigenvalue weighted by Crippen LogP contribution is -2.56. The Morgan fingerprint density at radius 1 is 0.507 bits per heavy atom. The van der Waals surface area contributed by atoms with Gasteiger partial charge >= 0.3 is 5.69 Å². The minimum Gasteiger partial charge on any atom is -0.508 e. The Hall–Kier alpha value is -14.4. The van der Waals surface area contributed by atoms with Gasteiger partial charge in [-0.3, -0.25) is 39.3 Å². The number of nitroso groups, excluding NO2 is 1. The number of hydrogen-bond acceptors (Lipinski definition) is 24. The van der Waals surface area contributed by atoms with Crippen LogP contribution in [-0.2, 0) is 37.5 Å². The van der Waals surface area contributed by atoms with E-state index in [0.29, 0.717) is 38.7 Å². The van der Waals surface area contributed by atoms with E-state index in [9.17, 15) is 39.2 Å². The molecule has 7 heterocycles. The molecule has 146 heavy (non-hydrogen) atoms. The van der Waals surface area contributed by atoms with Crippen molar-refractivity contribution in [2.24, 2.45) is 15.4 Å². The highest BCUT2D eigenvalue weighted by atomic mass is 32.2. The van der Waals surface area contributed by atoms with E-state index >= 15 is 0 Å². The number of aromatic nitrogens is 7.